The van der Waals surface area contributed by atoms with E-state index in [1.165, 1.54) is 12.1 Å². The van der Waals surface area contributed by atoms with Gasteiger partial charge in [-0.25, -0.2) is 13.6 Å². The minimum Gasteiger partial charge on any atom is -0.490 e. The molecule has 2 heterocycles. The first-order valence-corrected chi connectivity index (χ1v) is 13.9. The molecule has 0 bridgehead atoms. The molecule has 1 atom stereocenters. The molecule has 6 nitrogen and oxygen atoms in total. The van der Waals surface area contributed by atoms with Crippen molar-refractivity contribution in [2.24, 2.45) is 0 Å². The maximum Gasteiger partial charge on any atom is 0.337 e. The maximum absolute atomic E-state index is 15.5. The van der Waals surface area contributed by atoms with Crippen LogP contribution in [-0.4, -0.2) is 35.7 Å². The summed E-state index contributed by atoms with van der Waals surface area (Å²) in [6.07, 6.45) is 0.463. The van der Waals surface area contributed by atoms with Gasteiger partial charge in [-0.2, -0.15) is 0 Å². The Balaban J connectivity index is 1.77. The lowest BCUT2D eigenvalue weighted by molar-refractivity contribution is -0.160. The molecule has 0 aliphatic carbocycles. The van der Waals surface area contributed by atoms with Crippen molar-refractivity contribution in [3.8, 4) is 16.9 Å². The summed E-state index contributed by atoms with van der Waals surface area (Å²) >= 11 is 0. The van der Waals surface area contributed by atoms with Crippen LogP contribution >= 0.6 is 0 Å². The molecule has 1 unspecified atom stereocenters. The van der Waals surface area contributed by atoms with Crippen LogP contribution in [0.4, 0.5) is 14.5 Å². The van der Waals surface area contributed by atoms with Gasteiger partial charge in [0.05, 0.1) is 12.2 Å². The molecule has 216 valence electrons. The van der Waals surface area contributed by atoms with Crippen LogP contribution < -0.4 is 9.64 Å². The van der Waals surface area contributed by atoms with E-state index in [-0.39, 0.29) is 17.2 Å². The number of ether oxygens (including phenoxy) is 2. The van der Waals surface area contributed by atoms with Crippen LogP contribution in [0, 0.1) is 32.4 Å². The van der Waals surface area contributed by atoms with E-state index in [2.05, 4.69) is 0 Å². The normalized spacial score (nSPS) is 15.3. The molecular formula is C33H35F2NO5. The Morgan fingerprint density at radius 1 is 1.00 bits per heavy atom. The molecule has 0 spiro atoms. The van der Waals surface area contributed by atoms with Crippen molar-refractivity contribution in [1.29, 1.82) is 0 Å². The second kappa shape index (κ2) is 10.6. The lowest BCUT2D eigenvalue weighted by Gasteiger charge is -2.30. The molecule has 2 aliphatic heterocycles. The van der Waals surface area contributed by atoms with E-state index in [0.717, 1.165) is 23.1 Å². The monoisotopic (exact) mass is 563 g/mol. The Kier molecular flexibility index (Phi) is 7.40. The first kappa shape index (κ1) is 28.7. The van der Waals surface area contributed by atoms with E-state index in [1.807, 2.05) is 6.92 Å². The third kappa shape index (κ3) is 5.21. The summed E-state index contributed by atoms with van der Waals surface area (Å²) in [5.41, 5.74) is 4.92. The number of amides is 1. The van der Waals surface area contributed by atoms with Gasteiger partial charge < -0.3 is 19.5 Å². The molecule has 8 heteroatoms. The van der Waals surface area contributed by atoms with Crippen molar-refractivity contribution >= 4 is 17.6 Å². The van der Waals surface area contributed by atoms with Crippen molar-refractivity contribution in [2.45, 2.75) is 72.5 Å². The van der Waals surface area contributed by atoms with Crippen LogP contribution in [0.3, 0.4) is 0 Å². The predicted molar refractivity (Wildman–Crippen MR) is 153 cm³/mol. The van der Waals surface area contributed by atoms with Gasteiger partial charge in [0.1, 0.15) is 5.82 Å². The Morgan fingerprint density at radius 2 is 1.73 bits per heavy atom. The van der Waals surface area contributed by atoms with E-state index in [9.17, 15) is 19.1 Å². The molecule has 1 N–H and O–H groups in total. The van der Waals surface area contributed by atoms with Gasteiger partial charge in [0.15, 0.2) is 17.7 Å². The smallest absolute Gasteiger partial charge is 0.337 e. The zero-order chi connectivity index (χ0) is 29.8. The van der Waals surface area contributed by atoms with Crippen LogP contribution in [0.2, 0.25) is 0 Å². The molecule has 0 fully saturated rings. The second-order valence-corrected chi connectivity index (χ2v) is 11.9. The Labute approximate surface area is 238 Å². The number of nitrogens with zero attached hydrogens (tertiary/aromatic N) is 1. The fourth-order valence-corrected chi connectivity index (χ4v) is 5.94. The van der Waals surface area contributed by atoms with E-state index in [0.29, 0.717) is 59.5 Å². The molecule has 0 saturated carbocycles. The van der Waals surface area contributed by atoms with E-state index >= 15 is 4.39 Å². The zero-order valence-corrected chi connectivity index (χ0v) is 24.3. The molecule has 3 aromatic rings. The maximum atomic E-state index is 15.5. The Hall–Kier alpha value is -3.78. The van der Waals surface area contributed by atoms with Crippen molar-refractivity contribution < 1.29 is 33.0 Å². The molecule has 41 heavy (non-hydrogen) atoms. The third-order valence-corrected chi connectivity index (χ3v) is 7.86. The molecule has 0 aromatic heterocycles. The van der Waals surface area contributed by atoms with Gasteiger partial charge in [0.25, 0.3) is 5.91 Å². The topological polar surface area (TPSA) is 76.1 Å². The second-order valence-electron chi connectivity index (χ2n) is 11.9. The van der Waals surface area contributed by atoms with Gasteiger partial charge in [-0.15, -0.1) is 0 Å². The van der Waals surface area contributed by atoms with Gasteiger partial charge in [-0.05, 0) is 118 Å². The summed E-state index contributed by atoms with van der Waals surface area (Å²) in [4.78, 5) is 27.9. The lowest BCUT2D eigenvalue weighted by Crippen LogP contribution is -2.30. The summed E-state index contributed by atoms with van der Waals surface area (Å²) in [5.74, 6) is -2.25. The number of halogens is 2. The SMILES string of the molecule is Cc1ccc(C(=O)N2CCc3c2cc(C)c(C(OC(C)(C)C)C(=O)O)c3-c2cc(F)c3c(c2C)CCCO3)cc1F. The number of aryl methyl sites for hydroxylation is 2. The highest BCUT2D eigenvalue weighted by molar-refractivity contribution is 6.08. The van der Waals surface area contributed by atoms with Crippen LogP contribution in [0.1, 0.15) is 77.0 Å². The highest BCUT2D eigenvalue weighted by Gasteiger charge is 2.37. The van der Waals surface area contributed by atoms with Crippen LogP contribution in [-0.2, 0) is 22.4 Å². The summed E-state index contributed by atoms with van der Waals surface area (Å²) in [6, 6.07) is 7.61. The number of carboxylic acids is 1. The van der Waals surface area contributed by atoms with E-state index < -0.39 is 29.3 Å². The van der Waals surface area contributed by atoms with Crippen molar-refractivity contribution in [1.82, 2.24) is 0 Å². The molecule has 5 rings (SSSR count). The molecule has 0 radical (unpaired) electrons. The van der Waals surface area contributed by atoms with Gasteiger partial charge in [0, 0.05) is 28.9 Å². The van der Waals surface area contributed by atoms with Gasteiger partial charge >= 0.3 is 5.97 Å². The number of benzene rings is 3. The number of rotatable bonds is 5. The molecule has 0 saturated heterocycles. The van der Waals surface area contributed by atoms with Crippen LogP contribution in [0.5, 0.6) is 5.75 Å². The first-order valence-electron chi connectivity index (χ1n) is 13.9. The number of carbonyl (C=O) groups is 2. The number of hydrogen-bond acceptors (Lipinski definition) is 4. The number of carboxylic acid groups (broad SMARTS) is 1. The number of aliphatic carboxylic acids is 1. The van der Waals surface area contributed by atoms with Crippen molar-refractivity contribution in [3.05, 3.63) is 80.9 Å². The zero-order valence-electron chi connectivity index (χ0n) is 24.3. The fourth-order valence-electron chi connectivity index (χ4n) is 5.94. The van der Waals surface area contributed by atoms with Gasteiger partial charge in [-0.1, -0.05) is 6.07 Å². The summed E-state index contributed by atoms with van der Waals surface area (Å²) in [7, 11) is 0. The lowest BCUT2D eigenvalue weighted by atomic mass is 9.83. The number of hydrogen-bond donors (Lipinski definition) is 1. The number of anilines is 1. The highest BCUT2D eigenvalue weighted by Crippen LogP contribution is 2.47. The summed E-state index contributed by atoms with van der Waals surface area (Å²) < 4.78 is 41.7. The van der Waals surface area contributed by atoms with Crippen molar-refractivity contribution in [3.63, 3.8) is 0 Å². The Bertz CT molecular complexity index is 1570. The van der Waals surface area contributed by atoms with Crippen molar-refractivity contribution in [2.75, 3.05) is 18.1 Å². The minimum absolute atomic E-state index is 0.219. The summed E-state index contributed by atoms with van der Waals surface area (Å²) in [5, 5.41) is 10.4. The first-order chi connectivity index (χ1) is 19.3. The summed E-state index contributed by atoms with van der Waals surface area (Å²) in [6.45, 7) is 11.4. The quantitative estimate of drug-likeness (QED) is 0.361. The molecule has 1 amide bonds. The Morgan fingerprint density at radius 3 is 2.39 bits per heavy atom. The third-order valence-electron chi connectivity index (χ3n) is 7.86. The van der Waals surface area contributed by atoms with Crippen LogP contribution in [0.25, 0.3) is 11.1 Å². The molecule has 3 aromatic carbocycles. The van der Waals surface area contributed by atoms with E-state index in [1.54, 1.807) is 57.7 Å². The van der Waals surface area contributed by atoms with Crippen LogP contribution in [0.15, 0.2) is 30.3 Å². The van der Waals surface area contributed by atoms with E-state index in [4.69, 9.17) is 9.47 Å². The number of fused-ring (bicyclic) bond motifs is 2. The van der Waals surface area contributed by atoms with Gasteiger partial charge in [0.2, 0.25) is 0 Å². The molecule has 2 aliphatic rings. The van der Waals surface area contributed by atoms with Gasteiger partial charge in [-0.3, -0.25) is 4.79 Å². The predicted octanol–water partition coefficient (Wildman–Crippen LogP) is 7.03. The largest absolute Gasteiger partial charge is 0.490 e. The number of carbonyl (C=O) groups excluding carboxylic acids is 1. The average molecular weight is 564 g/mol. The standard InChI is InChI=1S/C33H35F2NO5/c1-17-9-10-20(15-24(17)34)31(37)36-12-11-22-26(36)14-18(2)27(30(32(38)39)41-33(4,5)6)28(22)23-16-25(35)29-21(19(23)3)8-7-13-40-29/h9-10,14-16,30H,7-8,11-13H2,1-6H3,(H,38,39). The molecular weight excluding hydrogens is 528 g/mol. The highest BCUT2D eigenvalue weighted by atomic mass is 19.1. The fraction of sp³-hybridized carbons (Fsp3) is 0.394. The minimum atomic E-state index is -1.33. The average Bonchev–Trinajstić information content (AvgIpc) is 3.32.